The average Bonchev–Trinajstić information content (AvgIpc) is 3.11. The van der Waals surface area contributed by atoms with E-state index >= 15 is 0 Å². The van der Waals surface area contributed by atoms with Gasteiger partial charge in [-0.25, -0.2) is 0 Å². The van der Waals surface area contributed by atoms with Crippen LogP contribution in [0.2, 0.25) is 0 Å². The first-order valence-corrected chi connectivity index (χ1v) is 9.68. The number of Topliss-reactive ketones (excluding diaryl/α,β-unsaturated/α-hetero) is 1. The highest BCUT2D eigenvalue weighted by atomic mass is 32.1. The van der Waals surface area contributed by atoms with Crippen LogP contribution < -0.4 is 11.1 Å². The number of aryl methyl sites for hydroxylation is 1. The summed E-state index contributed by atoms with van der Waals surface area (Å²) in [6, 6.07) is 15.9. The fraction of sp³-hybridized carbons (Fsp3) is 0.200. The fourth-order valence-corrected chi connectivity index (χ4v) is 4.85. The molecule has 0 amide bonds. The molecule has 3 N–H and O–H groups in total. The number of thiazole rings is 1. The lowest BCUT2D eigenvalue weighted by molar-refractivity contribution is 0.0961. The van der Waals surface area contributed by atoms with Crippen LogP contribution in [0.1, 0.15) is 33.6 Å². The number of hydrogen-bond donors (Lipinski definition) is 2. The van der Waals surface area contributed by atoms with Crippen LogP contribution in [0.4, 0.5) is 11.5 Å². The third-order valence-electron chi connectivity index (χ3n) is 4.82. The molecule has 0 unspecified atom stereocenters. The highest BCUT2D eigenvalue weighted by Crippen LogP contribution is 2.40. The molecule has 26 heavy (non-hydrogen) atoms. The molecule has 3 aromatic rings. The molecule has 1 aliphatic heterocycles. The predicted molar refractivity (Wildman–Crippen MR) is 110 cm³/mol. The van der Waals surface area contributed by atoms with Gasteiger partial charge >= 0.3 is 0 Å². The van der Waals surface area contributed by atoms with E-state index in [4.69, 9.17) is 18.0 Å². The molecule has 132 valence electrons. The Bertz CT molecular complexity index is 1050. The van der Waals surface area contributed by atoms with Crippen LogP contribution in [-0.4, -0.2) is 16.4 Å². The summed E-state index contributed by atoms with van der Waals surface area (Å²) in [6.45, 7) is 4.05. The molecule has 0 bridgehead atoms. The van der Waals surface area contributed by atoms with E-state index in [9.17, 15) is 4.79 Å². The molecular weight excluding hydrogens is 362 g/mol. The number of benzene rings is 2. The molecular formula is C20H19N3OS2. The zero-order chi connectivity index (χ0) is 18.4. The van der Waals surface area contributed by atoms with Crippen molar-refractivity contribution in [2.24, 2.45) is 0 Å². The maximum Gasteiger partial charge on any atom is 0.186 e. The van der Waals surface area contributed by atoms with E-state index in [0.717, 1.165) is 22.5 Å². The number of carbonyl (C=O) groups is 1. The summed E-state index contributed by atoms with van der Waals surface area (Å²) in [5.74, 6) is 0.188. The number of nitrogen functional groups attached to an aromatic ring is 1. The van der Waals surface area contributed by atoms with Crippen molar-refractivity contribution >= 4 is 40.8 Å². The van der Waals surface area contributed by atoms with Crippen molar-refractivity contribution in [1.29, 1.82) is 0 Å². The van der Waals surface area contributed by atoms with Crippen LogP contribution in [0.15, 0.2) is 48.5 Å². The molecule has 4 rings (SSSR count). The van der Waals surface area contributed by atoms with Gasteiger partial charge in [0.05, 0.1) is 5.92 Å². The second kappa shape index (κ2) is 6.37. The molecule has 0 saturated heterocycles. The molecule has 1 aliphatic rings. The Morgan fingerprint density at radius 3 is 2.62 bits per heavy atom. The highest BCUT2D eigenvalue weighted by molar-refractivity contribution is 7.73. The first kappa shape index (κ1) is 17.0. The van der Waals surface area contributed by atoms with Gasteiger partial charge in [0.15, 0.2) is 9.74 Å². The number of nitrogens with two attached hydrogens (primary N) is 1. The van der Waals surface area contributed by atoms with Crippen molar-refractivity contribution in [2.45, 2.75) is 25.8 Å². The SMILES string of the molecule is Cc1ccc(-n2c(N)c(C(=O)[C@@H]3c4ccccc4N[C@H]3C)sc2=S)cc1. The van der Waals surface area contributed by atoms with Crippen molar-refractivity contribution in [1.82, 2.24) is 4.57 Å². The molecule has 2 atom stereocenters. The normalized spacial score (nSPS) is 18.4. The second-order valence-electron chi connectivity index (χ2n) is 6.62. The third kappa shape index (κ3) is 2.66. The Hall–Kier alpha value is -2.44. The number of carbonyl (C=O) groups excluding carboxylic acids is 1. The second-order valence-corrected chi connectivity index (χ2v) is 8.26. The summed E-state index contributed by atoms with van der Waals surface area (Å²) in [7, 11) is 0. The minimum Gasteiger partial charge on any atom is -0.383 e. The van der Waals surface area contributed by atoms with Crippen LogP contribution in [0.3, 0.4) is 0 Å². The van der Waals surface area contributed by atoms with Gasteiger partial charge in [-0.3, -0.25) is 9.36 Å². The lowest BCUT2D eigenvalue weighted by Gasteiger charge is -2.14. The van der Waals surface area contributed by atoms with Crippen LogP contribution in [0.5, 0.6) is 0 Å². The molecule has 2 aromatic carbocycles. The standard InChI is InChI=1S/C20H19N3OS2/c1-11-7-9-13(10-8-11)23-19(21)18(26-20(23)25)17(24)16-12(2)22-15-6-4-3-5-14(15)16/h3-10,12,16,22H,21H2,1-2H3/t12-,16-/m0/s1. The summed E-state index contributed by atoms with van der Waals surface area (Å²) in [5.41, 5.74) is 10.4. The van der Waals surface area contributed by atoms with Gasteiger partial charge < -0.3 is 11.1 Å². The summed E-state index contributed by atoms with van der Waals surface area (Å²) in [6.07, 6.45) is 0. The molecule has 1 aromatic heterocycles. The lowest BCUT2D eigenvalue weighted by Crippen LogP contribution is -2.24. The zero-order valence-electron chi connectivity index (χ0n) is 14.5. The Morgan fingerprint density at radius 1 is 1.19 bits per heavy atom. The first-order chi connectivity index (χ1) is 12.5. The van der Waals surface area contributed by atoms with Gasteiger partial charge in [0.25, 0.3) is 0 Å². The minimum atomic E-state index is -0.256. The maximum atomic E-state index is 13.3. The Labute approximate surface area is 161 Å². The molecule has 0 saturated carbocycles. The van der Waals surface area contributed by atoms with Gasteiger partial charge in [0.2, 0.25) is 0 Å². The van der Waals surface area contributed by atoms with Gasteiger partial charge in [-0.15, -0.1) is 0 Å². The molecule has 6 heteroatoms. The van der Waals surface area contributed by atoms with Gasteiger partial charge in [-0.2, -0.15) is 0 Å². The van der Waals surface area contributed by atoms with Crippen molar-refractivity contribution in [3.63, 3.8) is 0 Å². The topological polar surface area (TPSA) is 60.0 Å². The van der Waals surface area contributed by atoms with Gasteiger partial charge in [-0.05, 0) is 49.8 Å². The predicted octanol–water partition coefficient (Wildman–Crippen LogP) is 4.94. The Balaban J connectivity index is 1.78. The highest BCUT2D eigenvalue weighted by Gasteiger charge is 2.36. The summed E-state index contributed by atoms with van der Waals surface area (Å²) in [4.78, 5) is 13.9. The molecule has 2 heterocycles. The smallest absolute Gasteiger partial charge is 0.186 e. The summed E-state index contributed by atoms with van der Waals surface area (Å²) in [5, 5.41) is 3.39. The fourth-order valence-electron chi connectivity index (χ4n) is 3.51. The number of anilines is 2. The van der Waals surface area contributed by atoms with Gasteiger partial charge in [0, 0.05) is 17.4 Å². The number of fused-ring (bicyclic) bond motifs is 1. The van der Waals surface area contributed by atoms with Crippen LogP contribution >= 0.6 is 23.6 Å². The van der Waals surface area contributed by atoms with Crippen molar-refractivity contribution in [3.05, 3.63) is 68.5 Å². The van der Waals surface area contributed by atoms with Crippen LogP contribution in [-0.2, 0) is 0 Å². The zero-order valence-corrected chi connectivity index (χ0v) is 16.2. The average molecular weight is 382 g/mol. The maximum absolute atomic E-state index is 13.3. The van der Waals surface area contributed by atoms with Gasteiger partial charge in [-0.1, -0.05) is 47.2 Å². The van der Waals surface area contributed by atoms with E-state index in [1.807, 2.05) is 62.4 Å². The number of nitrogens with one attached hydrogen (secondary N) is 1. The molecule has 0 spiro atoms. The summed E-state index contributed by atoms with van der Waals surface area (Å²) >= 11 is 6.80. The van der Waals surface area contributed by atoms with E-state index in [-0.39, 0.29) is 17.7 Å². The first-order valence-electron chi connectivity index (χ1n) is 8.45. The van der Waals surface area contributed by atoms with E-state index in [0.29, 0.717) is 14.6 Å². The third-order valence-corrected chi connectivity index (χ3v) is 6.23. The largest absolute Gasteiger partial charge is 0.383 e. The Kier molecular flexibility index (Phi) is 4.17. The number of nitrogens with zero attached hydrogens (tertiary/aromatic N) is 1. The van der Waals surface area contributed by atoms with Gasteiger partial charge in [0.1, 0.15) is 10.7 Å². The number of rotatable bonds is 3. The molecule has 4 nitrogen and oxygen atoms in total. The number of para-hydroxylation sites is 1. The minimum absolute atomic E-state index is 0.0165. The molecule has 0 radical (unpaired) electrons. The number of hydrogen-bond acceptors (Lipinski definition) is 5. The quantitative estimate of drug-likeness (QED) is 0.498. The van der Waals surface area contributed by atoms with E-state index in [1.54, 1.807) is 4.57 Å². The molecule has 0 fully saturated rings. The lowest BCUT2D eigenvalue weighted by atomic mass is 9.91. The van der Waals surface area contributed by atoms with Crippen LogP contribution in [0, 0.1) is 10.9 Å². The van der Waals surface area contributed by atoms with Crippen molar-refractivity contribution in [3.8, 4) is 5.69 Å². The molecule has 0 aliphatic carbocycles. The number of aromatic nitrogens is 1. The number of ketones is 1. The monoisotopic (exact) mass is 381 g/mol. The van der Waals surface area contributed by atoms with E-state index in [2.05, 4.69) is 5.32 Å². The van der Waals surface area contributed by atoms with Crippen molar-refractivity contribution in [2.75, 3.05) is 11.1 Å². The Morgan fingerprint density at radius 2 is 1.88 bits per heavy atom. The van der Waals surface area contributed by atoms with Crippen LogP contribution in [0.25, 0.3) is 5.69 Å². The van der Waals surface area contributed by atoms with Crippen molar-refractivity contribution < 1.29 is 4.79 Å². The van der Waals surface area contributed by atoms with E-state index < -0.39 is 0 Å². The summed E-state index contributed by atoms with van der Waals surface area (Å²) < 4.78 is 2.37. The van der Waals surface area contributed by atoms with E-state index in [1.165, 1.54) is 11.3 Å².